The van der Waals surface area contributed by atoms with Gasteiger partial charge in [-0.3, -0.25) is 0 Å². The van der Waals surface area contributed by atoms with E-state index >= 15 is 0 Å². The van der Waals surface area contributed by atoms with Crippen LogP contribution in [0.1, 0.15) is 11.3 Å². The van der Waals surface area contributed by atoms with Gasteiger partial charge in [0.05, 0.1) is 12.8 Å². The highest BCUT2D eigenvalue weighted by Gasteiger charge is 2.05. The predicted octanol–water partition coefficient (Wildman–Crippen LogP) is 4.58. The second-order valence-electron chi connectivity index (χ2n) is 5.23. The molecule has 0 amide bonds. The molecular formula is C20H17NO3S. The smallest absolute Gasteiger partial charge is 0.330 e. The minimum atomic E-state index is -0.387. The van der Waals surface area contributed by atoms with Crippen molar-refractivity contribution in [2.45, 2.75) is 6.61 Å². The van der Waals surface area contributed by atoms with Crippen LogP contribution in [-0.4, -0.2) is 18.1 Å². The summed E-state index contributed by atoms with van der Waals surface area (Å²) in [4.78, 5) is 15.8. The first-order valence-corrected chi connectivity index (χ1v) is 8.61. The molecule has 0 spiro atoms. The molecule has 0 unspecified atom stereocenters. The molecule has 1 aromatic heterocycles. The number of hydrogen-bond donors (Lipinski definition) is 0. The summed E-state index contributed by atoms with van der Waals surface area (Å²) in [6.45, 7) is 0.396. The number of hydrogen-bond acceptors (Lipinski definition) is 5. The van der Waals surface area contributed by atoms with Crippen LogP contribution in [0.15, 0.2) is 66.1 Å². The molecule has 0 N–H and O–H groups in total. The Morgan fingerprint density at radius 1 is 1.16 bits per heavy atom. The number of rotatable bonds is 6. The van der Waals surface area contributed by atoms with Gasteiger partial charge in [0, 0.05) is 17.0 Å². The third-order valence-corrected chi connectivity index (χ3v) is 4.37. The SMILES string of the molecule is COC(=O)C=Cc1cccc(OCc2csc(-c3ccccc3)n2)c1. The maximum atomic E-state index is 11.2. The number of thiazole rings is 1. The Balaban J connectivity index is 1.63. The van der Waals surface area contributed by atoms with Crippen LogP contribution in [0.5, 0.6) is 5.75 Å². The number of carbonyl (C=O) groups is 1. The molecule has 0 fully saturated rings. The second kappa shape index (κ2) is 8.26. The maximum absolute atomic E-state index is 11.2. The zero-order valence-electron chi connectivity index (χ0n) is 13.7. The Morgan fingerprint density at radius 3 is 2.80 bits per heavy atom. The quantitative estimate of drug-likeness (QED) is 0.482. The van der Waals surface area contributed by atoms with Crippen LogP contribution in [0.4, 0.5) is 0 Å². The molecule has 25 heavy (non-hydrogen) atoms. The second-order valence-corrected chi connectivity index (χ2v) is 6.09. The van der Waals surface area contributed by atoms with Crippen molar-refractivity contribution in [1.82, 2.24) is 4.98 Å². The van der Waals surface area contributed by atoms with Crippen molar-refractivity contribution >= 4 is 23.4 Å². The lowest BCUT2D eigenvalue weighted by Gasteiger charge is -2.05. The molecule has 5 heteroatoms. The topological polar surface area (TPSA) is 48.4 Å². The Hall–Kier alpha value is -2.92. The van der Waals surface area contributed by atoms with E-state index in [1.807, 2.05) is 60.0 Å². The van der Waals surface area contributed by atoms with Gasteiger partial charge in [-0.25, -0.2) is 9.78 Å². The van der Waals surface area contributed by atoms with Gasteiger partial charge in [-0.1, -0.05) is 42.5 Å². The molecule has 4 nitrogen and oxygen atoms in total. The molecule has 0 saturated carbocycles. The van der Waals surface area contributed by atoms with Gasteiger partial charge in [0.15, 0.2) is 0 Å². The van der Waals surface area contributed by atoms with Crippen LogP contribution < -0.4 is 4.74 Å². The Labute approximate surface area is 150 Å². The number of ether oxygens (including phenoxy) is 2. The van der Waals surface area contributed by atoms with E-state index in [9.17, 15) is 4.79 Å². The van der Waals surface area contributed by atoms with Gasteiger partial charge < -0.3 is 9.47 Å². The Morgan fingerprint density at radius 2 is 2.00 bits per heavy atom. The molecule has 0 atom stereocenters. The van der Waals surface area contributed by atoms with E-state index in [1.165, 1.54) is 13.2 Å². The van der Waals surface area contributed by atoms with E-state index in [-0.39, 0.29) is 5.97 Å². The third-order valence-electron chi connectivity index (χ3n) is 3.43. The molecule has 1 heterocycles. The normalized spacial score (nSPS) is 10.8. The van der Waals surface area contributed by atoms with Gasteiger partial charge in [-0.05, 0) is 23.8 Å². The van der Waals surface area contributed by atoms with Crippen LogP contribution >= 0.6 is 11.3 Å². The summed E-state index contributed by atoms with van der Waals surface area (Å²) in [5.74, 6) is 0.337. The highest BCUT2D eigenvalue weighted by atomic mass is 32.1. The highest BCUT2D eigenvalue weighted by Crippen LogP contribution is 2.24. The van der Waals surface area contributed by atoms with Crippen molar-refractivity contribution in [2.24, 2.45) is 0 Å². The summed E-state index contributed by atoms with van der Waals surface area (Å²) in [6, 6.07) is 17.6. The van der Waals surface area contributed by atoms with Crippen LogP contribution in [0, 0.1) is 0 Å². The summed E-state index contributed by atoms with van der Waals surface area (Å²) >= 11 is 1.60. The summed E-state index contributed by atoms with van der Waals surface area (Å²) in [5, 5.41) is 2.98. The minimum absolute atomic E-state index is 0.387. The van der Waals surface area contributed by atoms with Gasteiger partial charge in [0.1, 0.15) is 17.4 Å². The van der Waals surface area contributed by atoms with Crippen LogP contribution in [0.2, 0.25) is 0 Å². The van der Waals surface area contributed by atoms with E-state index in [0.29, 0.717) is 6.61 Å². The van der Waals surface area contributed by atoms with E-state index in [2.05, 4.69) is 9.72 Å². The summed E-state index contributed by atoms with van der Waals surface area (Å²) in [5.41, 5.74) is 2.86. The molecular weight excluding hydrogens is 334 g/mol. The molecule has 126 valence electrons. The molecule has 0 aliphatic heterocycles. The summed E-state index contributed by atoms with van der Waals surface area (Å²) < 4.78 is 10.4. The Bertz CT molecular complexity index is 871. The summed E-state index contributed by atoms with van der Waals surface area (Å²) in [6.07, 6.45) is 3.07. The number of methoxy groups -OCH3 is 1. The molecule has 0 aliphatic carbocycles. The lowest BCUT2D eigenvalue weighted by molar-refractivity contribution is -0.134. The molecule has 0 saturated heterocycles. The standard InChI is InChI=1S/C20H17NO3S/c1-23-19(22)11-10-15-6-5-9-18(12-15)24-13-17-14-25-20(21-17)16-7-3-2-4-8-16/h2-12,14H,13H2,1H3. The fraction of sp³-hybridized carbons (Fsp3) is 0.100. The van der Waals surface area contributed by atoms with Crippen LogP contribution in [-0.2, 0) is 16.1 Å². The third kappa shape index (κ3) is 4.78. The van der Waals surface area contributed by atoms with E-state index in [0.717, 1.165) is 27.6 Å². The number of esters is 1. The first-order valence-electron chi connectivity index (χ1n) is 7.73. The molecule has 0 aliphatic rings. The van der Waals surface area contributed by atoms with Crippen LogP contribution in [0.3, 0.4) is 0 Å². The number of aromatic nitrogens is 1. The van der Waals surface area contributed by atoms with E-state index in [1.54, 1.807) is 17.4 Å². The fourth-order valence-electron chi connectivity index (χ4n) is 2.18. The average molecular weight is 351 g/mol. The van der Waals surface area contributed by atoms with Crippen molar-refractivity contribution in [3.8, 4) is 16.3 Å². The molecule has 2 aromatic carbocycles. The average Bonchev–Trinajstić information content (AvgIpc) is 3.14. The van der Waals surface area contributed by atoms with Gasteiger partial charge in [-0.2, -0.15) is 0 Å². The minimum Gasteiger partial charge on any atom is -0.487 e. The highest BCUT2D eigenvalue weighted by molar-refractivity contribution is 7.13. The molecule has 3 aromatic rings. The zero-order valence-corrected chi connectivity index (χ0v) is 14.5. The largest absolute Gasteiger partial charge is 0.487 e. The lowest BCUT2D eigenvalue weighted by Crippen LogP contribution is -1.96. The van der Waals surface area contributed by atoms with Crippen molar-refractivity contribution < 1.29 is 14.3 Å². The van der Waals surface area contributed by atoms with Gasteiger partial charge >= 0.3 is 5.97 Å². The first-order chi connectivity index (χ1) is 12.2. The van der Waals surface area contributed by atoms with Gasteiger partial charge in [0.25, 0.3) is 0 Å². The van der Waals surface area contributed by atoms with Crippen molar-refractivity contribution in [3.63, 3.8) is 0 Å². The number of carbonyl (C=O) groups excluding carboxylic acids is 1. The number of benzene rings is 2. The van der Waals surface area contributed by atoms with E-state index < -0.39 is 0 Å². The fourth-order valence-corrected chi connectivity index (χ4v) is 2.99. The summed E-state index contributed by atoms with van der Waals surface area (Å²) in [7, 11) is 1.35. The van der Waals surface area contributed by atoms with Gasteiger partial charge in [0.2, 0.25) is 0 Å². The lowest BCUT2D eigenvalue weighted by atomic mass is 10.2. The van der Waals surface area contributed by atoms with Crippen LogP contribution in [0.25, 0.3) is 16.6 Å². The monoisotopic (exact) mass is 351 g/mol. The van der Waals surface area contributed by atoms with Crippen molar-refractivity contribution in [1.29, 1.82) is 0 Å². The molecule has 0 bridgehead atoms. The van der Waals surface area contributed by atoms with E-state index in [4.69, 9.17) is 4.74 Å². The maximum Gasteiger partial charge on any atom is 0.330 e. The number of nitrogens with zero attached hydrogens (tertiary/aromatic N) is 1. The zero-order chi connectivity index (χ0) is 17.5. The Kier molecular flexibility index (Phi) is 5.59. The molecule has 0 radical (unpaired) electrons. The first kappa shape index (κ1) is 16.9. The molecule has 3 rings (SSSR count). The predicted molar refractivity (Wildman–Crippen MR) is 99.4 cm³/mol. The van der Waals surface area contributed by atoms with Gasteiger partial charge in [-0.15, -0.1) is 11.3 Å². The van der Waals surface area contributed by atoms with Crippen molar-refractivity contribution in [2.75, 3.05) is 7.11 Å². The van der Waals surface area contributed by atoms with Crippen molar-refractivity contribution in [3.05, 3.63) is 77.3 Å².